The third-order valence-corrected chi connectivity index (χ3v) is 2.66. The van der Waals surface area contributed by atoms with Gasteiger partial charge < -0.3 is 10.0 Å². The number of carbonyl (C=O) groups is 1. The average Bonchev–Trinajstić information content (AvgIpc) is 2.52. The second-order valence-electron chi connectivity index (χ2n) is 3.68. The molecule has 1 heterocycles. The molecule has 0 saturated carbocycles. The van der Waals surface area contributed by atoms with E-state index in [0.717, 1.165) is 16.8 Å². The van der Waals surface area contributed by atoms with Crippen LogP contribution in [0, 0.1) is 0 Å². The molecule has 0 spiro atoms. The third-order valence-electron chi connectivity index (χ3n) is 2.66. The topological polar surface area (TPSA) is 52.6 Å². The molecule has 0 unspecified atom stereocenters. The van der Waals surface area contributed by atoms with E-state index in [-0.39, 0.29) is 12.6 Å². The number of likely N-dealkylation sites (N-methyl/N-ethyl adjacent to an activating group) is 1. The summed E-state index contributed by atoms with van der Waals surface area (Å²) < 4.78 is 0. The van der Waals surface area contributed by atoms with E-state index in [0.29, 0.717) is 13.0 Å². The number of amides is 1. The summed E-state index contributed by atoms with van der Waals surface area (Å²) >= 11 is 0. The summed E-state index contributed by atoms with van der Waals surface area (Å²) in [6.45, 7) is 0.595. The summed E-state index contributed by atoms with van der Waals surface area (Å²) in [5.74, 6) is 0.136. The van der Waals surface area contributed by atoms with Crippen molar-refractivity contribution < 1.29 is 9.90 Å². The van der Waals surface area contributed by atoms with Crippen LogP contribution in [-0.2, 0) is 17.8 Å². The van der Waals surface area contributed by atoms with Crippen molar-refractivity contribution in [3.63, 3.8) is 0 Å². The van der Waals surface area contributed by atoms with Crippen LogP contribution in [0.2, 0.25) is 0 Å². The summed E-state index contributed by atoms with van der Waals surface area (Å²) in [6, 6.07) is 5.94. The lowest BCUT2D eigenvalue weighted by atomic mass is 10.1. The van der Waals surface area contributed by atoms with Crippen LogP contribution < -0.4 is 10.2 Å². The maximum atomic E-state index is 11.4. The monoisotopic (exact) mass is 206 g/mol. The van der Waals surface area contributed by atoms with Gasteiger partial charge in [0, 0.05) is 19.3 Å². The molecule has 2 N–H and O–H groups in total. The molecule has 0 aromatic heterocycles. The average molecular weight is 206 g/mol. The van der Waals surface area contributed by atoms with Crippen LogP contribution in [0.1, 0.15) is 11.1 Å². The number of benzene rings is 1. The number of aliphatic hydroxyl groups is 1. The molecule has 0 saturated heterocycles. The van der Waals surface area contributed by atoms with Gasteiger partial charge in [0.1, 0.15) is 0 Å². The molecule has 0 bridgehead atoms. The highest BCUT2D eigenvalue weighted by atomic mass is 16.3. The number of hydrogen-bond donors (Lipinski definition) is 2. The van der Waals surface area contributed by atoms with Crippen molar-refractivity contribution in [1.82, 2.24) is 5.32 Å². The maximum Gasteiger partial charge on any atom is 0.231 e. The van der Waals surface area contributed by atoms with Crippen LogP contribution in [0.3, 0.4) is 0 Å². The van der Waals surface area contributed by atoms with E-state index in [1.807, 2.05) is 18.2 Å². The smallest absolute Gasteiger partial charge is 0.231 e. The van der Waals surface area contributed by atoms with E-state index in [2.05, 4.69) is 5.32 Å². The van der Waals surface area contributed by atoms with Gasteiger partial charge in [-0.25, -0.2) is 0 Å². The van der Waals surface area contributed by atoms with Gasteiger partial charge in [0.25, 0.3) is 0 Å². The zero-order valence-electron chi connectivity index (χ0n) is 8.66. The van der Waals surface area contributed by atoms with Crippen LogP contribution in [0.4, 0.5) is 5.69 Å². The van der Waals surface area contributed by atoms with Crippen molar-refractivity contribution >= 4 is 11.6 Å². The van der Waals surface area contributed by atoms with E-state index in [4.69, 9.17) is 5.11 Å². The van der Waals surface area contributed by atoms with Crippen molar-refractivity contribution in [2.45, 2.75) is 13.0 Å². The molecule has 4 heteroatoms. The fraction of sp³-hybridized carbons (Fsp3) is 0.364. The summed E-state index contributed by atoms with van der Waals surface area (Å²) in [4.78, 5) is 13.1. The van der Waals surface area contributed by atoms with Crippen molar-refractivity contribution in [1.29, 1.82) is 0 Å². The van der Waals surface area contributed by atoms with Gasteiger partial charge in [0.2, 0.25) is 5.91 Å². The number of carbonyl (C=O) groups excluding carboxylic acids is 1. The molecule has 0 fully saturated rings. The Morgan fingerprint density at radius 1 is 1.53 bits per heavy atom. The quantitative estimate of drug-likeness (QED) is 0.697. The molecule has 1 aliphatic rings. The Hall–Kier alpha value is -1.39. The molecule has 1 amide bonds. The first-order valence-electron chi connectivity index (χ1n) is 4.92. The van der Waals surface area contributed by atoms with Crippen LogP contribution >= 0.6 is 0 Å². The van der Waals surface area contributed by atoms with Crippen LogP contribution in [-0.4, -0.2) is 24.8 Å². The lowest BCUT2D eigenvalue weighted by Crippen LogP contribution is -2.20. The Labute approximate surface area is 88.5 Å². The van der Waals surface area contributed by atoms with Crippen LogP contribution in [0.5, 0.6) is 0 Å². The minimum absolute atomic E-state index is 0.0318. The van der Waals surface area contributed by atoms with E-state index in [9.17, 15) is 4.79 Å². The number of anilines is 1. The zero-order valence-corrected chi connectivity index (χ0v) is 8.66. The van der Waals surface area contributed by atoms with Crippen molar-refractivity contribution in [2.24, 2.45) is 0 Å². The Morgan fingerprint density at radius 3 is 3.07 bits per heavy atom. The number of rotatable bonds is 3. The Balaban J connectivity index is 2.22. The fourth-order valence-corrected chi connectivity index (χ4v) is 1.83. The SMILES string of the molecule is CN1C(=O)Cc2cc(CNCO)ccc21. The van der Waals surface area contributed by atoms with Crippen molar-refractivity contribution in [3.8, 4) is 0 Å². The molecular weight excluding hydrogens is 192 g/mol. The Kier molecular flexibility index (Phi) is 2.70. The van der Waals surface area contributed by atoms with Gasteiger partial charge in [0.15, 0.2) is 0 Å². The van der Waals surface area contributed by atoms with Crippen LogP contribution in [0.25, 0.3) is 0 Å². The molecule has 1 aromatic rings. The van der Waals surface area contributed by atoms with Gasteiger partial charge in [-0.1, -0.05) is 12.1 Å². The molecule has 15 heavy (non-hydrogen) atoms. The predicted molar refractivity (Wildman–Crippen MR) is 57.5 cm³/mol. The van der Waals surface area contributed by atoms with E-state index >= 15 is 0 Å². The number of fused-ring (bicyclic) bond motifs is 1. The summed E-state index contributed by atoms with van der Waals surface area (Å²) in [5, 5.41) is 11.5. The predicted octanol–water partition coefficient (Wildman–Crippen LogP) is 0.245. The molecule has 0 radical (unpaired) electrons. The highest BCUT2D eigenvalue weighted by molar-refractivity contribution is 6.00. The summed E-state index contributed by atoms with van der Waals surface area (Å²) in [6.07, 6.45) is 0.485. The first-order chi connectivity index (χ1) is 7.22. The summed E-state index contributed by atoms with van der Waals surface area (Å²) in [7, 11) is 1.79. The van der Waals surface area contributed by atoms with Crippen molar-refractivity contribution in [3.05, 3.63) is 29.3 Å². The third kappa shape index (κ3) is 1.86. The van der Waals surface area contributed by atoms with E-state index in [1.165, 1.54) is 0 Å². The lowest BCUT2D eigenvalue weighted by molar-refractivity contribution is -0.117. The Bertz CT molecular complexity index is 390. The minimum Gasteiger partial charge on any atom is -0.381 e. The fourth-order valence-electron chi connectivity index (χ4n) is 1.83. The van der Waals surface area contributed by atoms with Gasteiger partial charge in [0.05, 0.1) is 13.2 Å². The van der Waals surface area contributed by atoms with Crippen LogP contribution in [0.15, 0.2) is 18.2 Å². The maximum absolute atomic E-state index is 11.4. The molecule has 0 atom stereocenters. The minimum atomic E-state index is -0.0318. The first kappa shape index (κ1) is 10.1. The Morgan fingerprint density at radius 2 is 2.33 bits per heavy atom. The molecule has 80 valence electrons. The number of hydrogen-bond acceptors (Lipinski definition) is 3. The highest BCUT2D eigenvalue weighted by Crippen LogP contribution is 2.28. The van der Waals surface area contributed by atoms with Gasteiger partial charge in [-0.05, 0) is 17.2 Å². The molecule has 4 nitrogen and oxygen atoms in total. The van der Waals surface area contributed by atoms with E-state index in [1.54, 1.807) is 11.9 Å². The molecule has 1 aliphatic heterocycles. The standard InChI is InChI=1S/C11H14N2O2/c1-13-10-3-2-8(6-12-7-14)4-9(10)5-11(13)15/h2-4,12,14H,5-7H2,1H3. The normalized spacial score (nSPS) is 14.5. The first-order valence-corrected chi connectivity index (χ1v) is 4.92. The molecule has 2 rings (SSSR count). The largest absolute Gasteiger partial charge is 0.381 e. The van der Waals surface area contributed by atoms with Gasteiger partial charge in [-0.2, -0.15) is 0 Å². The number of aliphatic hydroxyl groups excluding tert-OH is 1. The zero-order chi connectivity index (χ0) is 10.8. The lowest BCUT2D eigenvalue weighted by Gasteiger charge is -2.10. The van der Waals surface area contributed by atoms with E-state index < -0.39 is 0 Å². The second-order valence-corrected chi connectivity index (χ2v) is 3.68. The number of nitrogens with zero attached hydrogens (tertiary/aromatic N) is 1. The van der Waals surface area contributed by atoms with Gasteiger partial charge in [-0.15, -0.1) is 0 Å². The van der Waals surface area contributed by atoms with Gasteiger partial charge in [-0.3, -0.25) is 10.1 Å². The van der Waals surface area contributed by atoms with Crippen molar-refractivity contribution in [2.75, 3.05) is 18.7 Å². The molecule has 1 aromatic carbocycles. The molecule has 0 aliphatic carbocycles. The van der Waals surface area contributed by atoms with Gasteiger partial charge >= 0.3 is 0 Å². The highest BCUT2D eigenvalue weighted by Gasteiger charge is 2.23. The summed E-state index contributed by atoms with van der Waals surface area (Å²) in [5.41, 5.74) is 3.15. The number of nitrogens with one attached hydrogen (secondary N) is 1. The molecular formula is C11H14N2O2. The second kappa shape index (κ2) is 4.00.